The van der Waals surface area contributed by atoms with E-state index in [1.807, 2.05) is 0 Å². The fourth-order valence-electron chi connectivity index (χ4n) is 0.935. The first-order chi connectivity index (χ1) is 7.24. The van der Waals surface area contributed by atoms with Gasteiger partial charge in [0.2, 0.25) is 11.9 Å². The fourth-order valence-corrected chi connectivity index (χ4v) is 0.935. The van der Waals surface area contributed by atoms with Gasteiger partial charge in [0.05, 0.1) is 0 Å². The highest BCUT2D eigenvalue weighted by atomic mass is 19.1. The molecule has 0 fully saturated rings. The Labute approximate surface area is 84.9 Å². The molecule has 0 saturated heterocycles. The van der Waals surface area contributed by atoms with Crippen molar-refractivity contribution in [3.05, 3.63) is 46.1 Å². The molecule has 0 aliphatic rings. The largest absolute Gasteiger partial charge is 0.222 e. The van der Waals surface area contributed by atoms with Crippen LogP contribution >= 0.6 is 0 Å². The number of nitrogens with zero attached hydrogens (tertiary/aromatic N) is 4. The van der Waals surface area contributed by atoms with Crippen molar-refractivity contribution >= 4 is 6.08 Å². The van der Waals surface area contributed by atoms with Gasteiger partial charge in [-0.25, -0.2) is 0 Å². The van der Waals surface area contributed by atoms with Crippen molar-refractivity contribution in [3.63, 3.8) is 0 Å². The molecule has 0 aromatic carbocycles. The summed E-state index contributed by atoms with van der Waals surface area (Å²) in [6.07, 6.45) is 3.60. The van der Waals surface area contributed by atoms with Crippen LogP contribution in [0, 0.1) is 11.9 Å². The summed E-state index contributed by atoms with van der Waals surface area (Å²) < 4.78 is 25.3. The molecule has 15 heavy (non-hydrogen) atoms. The molecule has 0 atom stereocenters. The van der Waals surface area contributed by atoms with E-state index < -0.39 is 11.9 Å². The highest BCUT2D eigenvalue weighted by Gasteiger charge is 2.00. The summed E-state index contributed by atoms with van der Waals surface area (Å²) in [6.45, 7) is 0.309. The van der Waals surface area contributed by atoms with E-state index >= 15 is 0 Å². The van der Waals surface area contributed by atoms with Gasteiger partial charge in [-0.3, -0.25) is 0 Å². The van der Waals surface area contributed by atoms with Crippen molar-refractivity contribution in [3.8, 4) is 0 Å². The molecule has 1 heterocycles. The van der Waals surface area contributed by atoms with Crippen LogP contribution in [0.15, 0.2) is 23.3 Å². The molecule has 1 aromatic rings. The fraction of sp³-hybridized carbons (Fsp3) is 0.222. The maximum absolute atomic E-state index is 12.9. The molecule has 1 aromatic heterocycles. The third kappa shape index (κ3) is 3.74. The molecule has 1 rings (SSSR count). The lowest BCUT2D eigenvalue weighted by Gasteiger charge is -1.94. The topological polar surface area (TPSA) is 61.7 Å². The first-order valence-corrected chi connectivity index (χ1v) is 4.23. The summed E-state index contributed by atoms with van der Waals surface area (Å²) in [6, 6.07) is 2.37. The lowest BCUT2D eigenvalue weighted by molar-refractivity contribution is 0.511. The summed E-state index contributed by atoms with van der Waals surface area (Å²) in [5.74, 6) is -1.70. The van der Waals surface area contributed by atoms with E-state index in [0.29, 0.717) is 13.0 Å². The van der Waals surface area contributed by atoms with E-state index in [-0.39, 0.29) is 5.56 Å². The van der Waals surface area contributed by atoms with Gasteiger partial charge < -0.3 is 0 Å². The third-order valence-corrected chi connectivity index (χ3v) is 1.60. The quantitative estimate of drug-likeness (QED) is 0.247. The van der Waals surface area contributed by atoms with Crippen LogP contribution in [-0.2, 0) is 0 Å². The van der Waals surface area contributed by atoms with Crippen LogP contribution in [0.1, 0.15) is 12.0 Å². The monoisotopic (exact) mass is 210 g/mol. The van der Waals surface area contributed by atoms with E-state index in [1.54, 1.807) is 6.08 Å². The lowest BCUT2D eigenvalue weighted by atomic mass is 10.2. The minimum absolute atomic E-state index is 0.206. The Kier molecular flexibility index (Phi) is 4.25. The highest BCUT2D eigenvalue weighted by Crippen LogP contribution is 2.07. The molecule has 4 nitrogen and oxygen atoms in total. The molecular formula is C9H8F2N4. The van der Waals surface area contributed by atoms with Gasteiger partial charge in [0.15, 0.2) is 0 Å². The Bertz CT molecular complexity index is 411. The van der Waals surface area contributed by atoms with Crippen LogP contribution < -0.4 is 0 Å². The normalized spacial score (nSPS) is 10.3. The predicted molar refractivity (Wildman–Crippen MR) is 51.8 cm³/mol. The number of hydrogen-bond acceptors (Lipinski definition) is 2. The molecule has 78 valence electrons. The van der Waals surface area contributed by atoms with Gasteiger partial charge in [0.25, 0.3) is 0 Å². The zero-order chi connectivity index (χ0) is 11.1. The average molecular weight is 210 g/mol. The van der Waals surface area contributed by atoms with Gasteiger partial charge in [0, 0.05) is 17.0 Å². The standard InChI is InChI=1S/C9H8F2N4/c10-8-5-4-7(9(11)14-8)3-1-2-6-13-15-12/h1,3-5H,2,6H2. The number of rotatable bonds is 4. The van der Waals surface area contributed by atoms with E-state index in [4.69, 9.17) is 5.53 Å². The van der Waals surface area contributed by atoms with Gasteiger partial charge in [-0.2, -0.15) is 13.8 Å². The summed E-state index contributed by atoms with van der Waals surface area (Å²) in [7, 11) is 0. The van der Waals surface area contributed by atoms with E-state index in [1.165, 1.54) is 12.1 Å². The molecular weight excluding hydrogens is 202 g/mol. The second-order valence-corrected chi connectivity index (χ2v) is 2.66. The van der Waals surface area contributed by atoms with Crippen molar-refractivity contribution < 1.29 is 8.78 Å². The van der Waals surface area contributed by atoms with Crippen LogP contribution in [0.2, 0.25) is 0 Å². The maximum Gasteiger partial charge on any atom is 0.222 e. The SMILES string of the molecule is [N-]=[N+]=NCCC=Cc1ccc(F)nc1F. The predicted octanol–water partition coefficient (Wildman–Crippen LogP) is 3.07. The zero-order valence-electron chi connectivity index (χ0n) is 7.77. The Morgan fingerprint density at radius 1 is 1.47 bits per heavy atom. The molecule has 0 radical (unpaired) electrons. The summed E-state index contributed by atoms with van der Waals surface area (Å²) in [5.41, 5.74) is 8.19. The first kappa shape index (κ1) is 11.1. The summed E-state index contributed by atoms with van der Waals surface area (Å²) in [5, 5.41) is 3.30. The second kappa shape index (κ2) is 5.72. The maximum atomic E-state index is 12.9. The number of hydrogen-bond donors (Lipinski definition) is 0. The molecule has 0 bridgehead atoms. The molecule has 0 amide bonds. The van der Waals surface area contributed by atoms with Crippen molar-refractivity contribution in [2.24, 2.45) is 5.11 Å². The number of azide groups is 1. The minimum atomic E-state index is -0.852. The van der Waals surface area contributed by atoms with Gasteiger partial charge in [-0.05, 0) is 24.1 Å². The van der Waals surface area contributed by atoms with Crippen molar-refractivity contribution in [1.29, 1.82) is 0 Å². The average Bonchev–Trinajstić information content (AvgIpc) is 2.20. The van der Waals surface area contributed by atoms with Crippen molar-refractivity contribution in [1.82, 2.24) is 4.98 Å². The van der Waals surface area contributed by atoms with Crippen LogP contribution in [-0.4, -0.2) is 11.5 Å². The van der Waals surface area contributed by atoms with Crippen molar-refractivity contribution in [2.75, 3.05) is 6.54 Å². The minimum Gasteiger partial charge on any atom is -0.190 e. The van der Waals surface area contributed by atoms with Crippen LogP contribution in [0.5, 0.6) is 0 Å². The van der Waals surface area contributed by atoms with E-state index in [0.717, 1.165) is 6.07 Å². The molecule has 0 spiro atoms. The Morgan fingerprint density at radius 3 is 2.93 bits per heavy atom. The highest BCUT2D eigenvalue weighted by molar-refractivity contribution is 5.48. The van der Waals surface area contributed by atoms with Crippen molar-refractivity contribution in [2.45, 2.75) is 6.42 Å². The van der Waals surface area contributed by atoms with Crippen LogP contribution in [0.25, 0.3) is 16.5 Å². The molecule has 0 unspecified atom stereocenters. The Morgan fingerprint density at radius 2 is 2.27 bits per heavy atom. The van der Waals surface area contributed by atoms with Crippen LogP contribution in [0.4, 0.5) is 8.78 Å². The molecule has 0 N–H and O–H groups in total. The number of halogens is 2. The van der Waals surface area contributed by atoms with Gasteiger partial charge in [0.1, 0.15) is 0 Å². The van der Waals surface area contributed by atoms with Gasteiger partial charge in [-0.15, -0.1) is 0 Å². The summed E-state index contributed by atoms with van der Waals surface area (Å²) >= 11 is 0. The Hall–Kier alpha value is -1.94. The zero-order valence-corrected chi connectivity index (χ0v) is 7.77. The third-order valence-electron chi connectivity index (χ3n) is 1.60. The molecule has 0 aliphatic carbocycles. The van der Waals surface area contributed by atoms with Gasteiger partial charge >= 0.3 is 0 Å². The second-order valence-electron chi connectivity index (χ2n) is 2.66. The smallest absolute Gasteiger partial charge is 0.190 e. The lowest BCUT2D eigenvalue weighted by Crippen LogP contribution is -1.90. The van der Waals surface area contributed by atoms with E-state index in [9.17, 15) is 8.78 Å². The molecule has 6 heteroatoms. The van der Waals surface area contributed by atoms with Gasteiger partial charge in [-0.1, -0.05) is 17.3 Å². The molecule has 0 saturated carbocycles. The summed E-state index contributed by atoms with van der Waals surface area (Å²) in [4.78, 5) is 5.59. The molecule has 0 aliphatic heterocycles. The van der Waals surface area contributed by atoms with E-state index in [2.05, 4.69) is 15.0 Å². The Balaban J connectivity index is 2.60. The first-order valence-electron chi connectivity index (χ1n) is 4.23. The number of aromatic nitrogens is 1. The van der Waals surface area contributed by atoms with Crippen LogP contribution in [0.3, 0.4) is 0 Å². The number of pyridine rings is 1.